The molecule has 0 saturated carbocycles. The Morgan fingerprint density at radius 2 is 1.89 bits per heavy atom. The summed E-state index contributed by atoms with van der Waals surface area (Å²) in [5, 5.41) is 2.88. The van der Waals surface area contributed by atoms with Gasteiger partial charge in [-0.25, -0.2) is 9.78 Å². The summed E-state index contributed by atoms with van der Waals surface area (Å²) in [5.41, 5.74) is 2.75. The Kier molecular flexibility index (Phi) is 6.11. The molecule has 6 nitrogen and oxygen atoms in total. The van der Waals surface area contributed by atoms with Crippen molar-refractivity contribution in [2.75, 3.05) is 0 Å². The van der Waals surface area contributed by atoms with Crippen molar-refractivity contribution in [3.05, 3.63) is 76.6 Å². The maximum absolute atomic E-state index is 12.2. The minimum absolute atomic E-state index is 0.0551. The number of rotatable bonds is 6. The van der Waals surface area contributed by atoms with Crippen molar-refractivity contribution in [2.24, 2.45) is 0 Å². The number of nitrogens with zero attached hydrogens (tertiary/aromatic N) is 1. The van der Waals surface area contributed by atoms with Crippen molar-refractivity contribution < 1.29 is 18.7 Å². The lowest BCUT2D eigenvalue weighted by atomic mass is 10.1. The number of ether oxygens (including phenoxy) is 1. The van der Waals surface area contributed by atoms with Crippen LogP contribution < -0.4 is 5.32 Å². The highest BCUT2D eigenvalue weighted by atomic mass is 35.5. The number of amides is 1. The molecule has 1 atom stereocenters. The van der Waals surface area contributed by atoms with E-state index in [1.54, 1.807) is 24.3 Å². The van der Waals surface area contributed by atoms with Crippen molar-refractivity contribution in [3.63, 3.8) is 0 Å². The number of halogens is 1. The topological polar surface area (TPSA) is 81.4 Å². The molecule has 28 heavy (non-hydrogen) atoms. The van der Waals surface area contributed by atoms with E-state index in [0.29, 0.717) is 22.2 Å². The Labute approximate surface area is 167 Å². The quantitative estimate of drug-likeness (QED) is 0.630. The van der Waals surface area contributed by atoms with Crippen LogP contribution in [0.15, 0.2) is 59.2 Å². The van der Waals surface area contributed by atoms with Crippen molar-refractivity contribution in [3.8, 4) is 11.5 Å². The van der Waals surface area contributed by atoms with Crippen molar-refractivity contribution in [1.29, 1.82) is 0 Å². The third kappa shape index (κ3) is 4.78. The van der Waals surface area contributed by atoms with Gasteiger partial charge < -0.3 is 14.5 Å². The van der Waals surface area contributed by atoms with Crippen LogP contribution >= 0.6 is 11.6 Å². The largest absolute Gasteiger partial charge is 0.458 e. The zero-order valence-electron chi connectivity index (χ0n) is 15.4. The molecule has 0 saturated heterocycles. The van der Waals surface area contributed by atoms with Crippen LogP contribution in [0.1, 0.15) is 28.5 Å². The zero-order valence-corrected chi connectivity index (χ0v) is 16.2. The minimum Gasteiger partial charge on any atom is -0.458 e. The van der Waals surface area contributed by atoms with Gasteiger partial charge in [-0.3, -0.25) is 4.79 Å². The molecule has 1 amide bonds. The molecule has 0 bridgehead atoms. The lowest BCUT2D eigenvalue weighted by Crippen LogP contribution is -2.39. The van der Waals surface area contributed by atoms with E-state index < -0.39 is 17.9 Å². The summed E-state index contributed by atoms with van der Waals surface area (Å²) >= 11 is 5.99. The molecule has 0 spiro atoms. The summed E-state index contributed by atoms with van der Waals surface area (Å²) in [6.45, 7) is 3.48. The molecule has 0 radical (unpaired) electrons. The lowest BCUT2D eigenvalue weighted by Gasteiger charge is -2.13. The zero-order chi connectivity index (χ0) is 20.1. The fourth-order valence-electron chi connectivity index (χ4n) is 2.45. The summed E-state index contributed by atoms with van der Waals surface area (Å²) in [6, 6.07) is 13.5. The molecule has 3 rings (SSSR count). The second-order valence-electron chi connectivity index (χ2n) is 6.29. The van der Waals surface area contributed by atoms with Crippen LogP contribution in [0.4, 0.5) is 0 Å². The highest BCUT2D eigenvalue weighted by Gasteiger charge is 2.20. The normalized spacial score (nSPS) is 11.7. The molecule has 0 unspecified atom stereocenters. The lowest BCUT2D eigenvalue weighted by molar-refractivity contribution is -0.146. The molecule has 1 aromatic heterocycles. The molecule has 144 valence electrons. The SMILES string of the molecule is Cc1ccc(-c2nc(COC(=O)[C@H](C)NC(=O)c3ccccc3Cl)co2)cc1. The van der Waals surface area contributed by atoms with Gasteiger partial charge in [0.05, 0.1) is 10.6 Å². The Morgan fingerprint density at radius 1 is 1.18 bits per heavy atom. The van der Waals surface area contributed by atoms with E-state index >= 15 is 0 Å². The average Bonchev–Trinajstić information content (AvgIpc) is 3.16. The van der Waals surface area contributed by atoms with Crippen LogP contribution in [0.5, 0.6) is 0 Å². The molecule has 0 fully saturated rings. The van der Waals surface area contributed by atoms with Gasteiger partial charge in [-0.1, -0.05) is 41.4 Å². The second-order valence-corrected chi connectivity index (χ2v) is 6.70. The highest BCUT2D eigenvalue weighted by Crippen LogP contribution is 2.19. The van der Waals surface area contributed by atoms with Crippen LogP contribution in [0, 0.1) is 6.92 Å². The first kappa shape index (κ1) is 19.6. The summed E-state index contributed by atoms with van der Waals surface area (Å²) in [6.07, 6.45) is 1.44. The van der Waals surface area contributed by atoms with E-state index in [2.05, 4.69) is 10.3 Å². The molecule has 1 N–H and O–H groups in total. The average molecular weight is 399 g/mol. The monoisotopic (exact) mass is 398 g/mol. The number of oxazole rings is 1. The van der Waals surface area contributed by atoms with E-state index in [0.717, 1.165) is 11.1 Å². The first-order chi connectivity index (χ1) is 13.4. The molecular formula is C21H19ClN2O4. The fraction of sp³-hybridized carbons (Fsp3) is 0.190. The third-order valence-electron chi connectivity index (χ3n) is 4.03. The number of carbonyl (C=O) groups is 2. The predicted octanol–water partition coefficient (Wildman–Crippen LogP) is 4.17. The summed E-state index contributed by atoms with van der Waals surface area (Å²) < 4.78 is 10.6. The van der Waals surface area contributed by atoms with Gasteiger partial charge in [-0.15, -0.1) is 0 Å². The van der Waals surface area contributed by atoms with Crippen LogP contribution in [-0.2, 0) is 16.1 Å². The molecule has 0 aliphatic rings. The number of benzene rings is 2. The molecular weight excluding hydrogens is 380 g/mol. The van der Waals surface area contributed by atoms with Gasteiger partial charge in [0.15, 0.2) is 0 Å². The van der Waals surface area contributed by atoms with Gasteiger partial charge in [0.25, 0.3) is 5.91 Å². The van der Waals surface area contributed by atoms with Gasteiger partial charge >= 0.3 is 5.97 Å². The smallest absolute Gasteiger partial charge is 0.328 e. The van der Waals surface area contributed by atoms with Gasteiger partial charge in [0.1, 0.15) is 24.6 Å². The summed E-state index contributed by atoms with van der Waals surface area (Å²) in [5.74, 6) is -0.579. The molecule has 7 heteroatoms. The number of aryl methyl sites for hydroxylation is 1. The van der Waals surface area contributed by atoms with Gasteiger partial charge in [0, 0.05) is 5.56 Å². The van der Waals surface area contributed by atoms with Crippen molar-refractivity contribution in [1.82, 2.24) is 10.3 Å². The first-order valence-corrected chi connectivity index (χ1v) is 9.05. The van der Waals surface area contributed by atoms with Crippen molar-refractivity contribution >= 4 is 23.5 Å². The Morgan fingerprint density at radius 3 is 2.61 bits per heavy atom. The molecule has 0 aliphatic heterocycles. The van der Waals surface area contributed by atoms with E-state index in [1.807, 2.05) is 31.2 Å². The maximum Gasteiger partial charge on any atom is 0.328 e. The number of hydrogen-bond acceptors (Lipinski definition) is 5. The predicted molar refractivity (Wildman–Crippen MR) is 105 cm³/mol. The van der Waals surface area contributed by atoms with Gasteiger partial charge in [0.2, 0.25) is 5.89 Å². The maximum atomic E-state index is 12.2. The molecule has 1 heterocycles. The van der Waals surface area contributed by atoms with Crippen LogP contribution in [0.3, 0.4) is 0 Å². The van der Waals surface area contributed by atoms with Gasteiger partial charge in [-0.2, -0.15) is 0 Å². The van der Waals surface area contributed by atoms with Crippen LogP contribution in [0.25, 0.3) is 11.5 Å². The van der Waals surface area contributed by atoms with E-state index in [1.165, 1.54) is 13.2 Å². The number of carbonyl (C=O) groups excluding carboxylic acids is 2. The van der Waals surface area contributed by atoms with E-state index in [-0.39, 0.29) is 6.61 Å². The fourth-order valence-corrected chi connectivity index (χ4v) is 2.67. The highest BCUT2D eigenvalue weighted by molar-refractivity contribution is 6.33. The third-order valence-corrected chi connectivity index (χ3v) is 4.36. The van der Waals surface area contributed by atoms with Gasteiger partial charge in [-0.05, 0) is 38.1 Å². The molecule has 0 aliphatic carbocycles. The van der Waals surface area contributed by atoms with E-state index in [4.69, 9.17) is 20.8 Å². The number of aromatic nitrogens is 1. The van der Waals surface area contributed by atoms with Crippen LogP contribution in [-0.4, -0.2) is 22.9 Å². The first-order valence-electron chi connectivity index (χ1n) is 8.67. The Balaban J connectivity index is 1.54. The second kappa shape index (κ2) is 8.71. The number of nitrogens with one attached hydrogen (secondary N) is 1. The Bertz CT molecular complexity index is 982. The van der Waals surface area contributed by atoms with Crippen LogP contribution in [0.2, 0.25) is 5.02 Å². The standard InChI is InChI=1S/C21H19ClN2O4/c1-13-7-9-15(10-8-13)20-24-16(11-27-20)12-28-21(26)14(2)23-19(25)17-5-3-4-6-18(17)22/h3-11,14H,12H2,1-2H3,(H,23,25)/t14-/m0/s1. The molecule has 3 aromatic rings. The number of esters is 1. The summed E-state index contributed by atoms with van der Waals surface area (Å²) in [4.78, 5) is 28.7. The van der Waals surface area contributed by atoms with Crippen molar-refractivity contribution in [2.45, 2.75) is 26.5 Å². The number of hydrogen-bond donors (Lipinski definition) is 1. The summed E-state index contributed by atoms with van der Waals surface area (Å²) in [7, 11) is 0. The Hall–Kier alpha value is -3.12. The minimum atomic E-state index is -0.841. The molecule has 2 aromatic carbocycles. The van der Waals surface area contributed by atoms with E-state index in [9.17, 15) is 9.59 Å².